The van der Waals surface area contributed by atoms with Crippen molar-refractivity contribution in [3.63, 3.8) is 0 Å². The molecule has 1 spiro atoms. The summed E-state index contributed by atoms with van der Waals surface area (Å²) in [5.41, 5.74) is 3.43. The second-order valence-corrected chi connectivity index (χ2v) is 12.3. The van der Waals surface area contributed by atoms with Crippen LogP contribution in [0.3, 0.4) is 0 Å². The standard InChI is InChI=1S/C34H39ClN2O7/c1-41-28-5-2-23(3-6-28)20-42-29-7-8-30(33(40)37-13-10-26(38)19-37)32(17-29)43-22-27(39)18-36-14-11-34(12-15-36)31-9-4-25(35)16-24(31)21-44-34/h2-9,16-17,26-27,38-39H,10-15,18-22H2,1H3/t26-,27-/m0/s1. The predicted molar refractivity (Wildman–Crippen MR) is 165 cm³/mol. The zero-order chi connectivity index (χ0) is 30.7. The van der Waals surface area contributed by atoms with Crippen molar-refractivity contribution >= 4 is 17.5 Å². The van der Waals surface area contributed by atoms with Crippen molar-refractivity contribution < 1.29 is 34.0 Å². The summed E-state index contributed by atoms with van der Waals surface area (Å²) >= 11 is 6.18. The average molecular weight is 623 g/mol. The summed E-state index contributed by atoms with van der Waals surface area (Å²) in [7, 11) is 1.62. The highest BCUT2D eigenvalue weighted by Gasteiger charge is 2.42. The molecule has 2 atom stereocenters. The van der Waals surface area contributed by atoms with Crippen LogP contribution in [0.25, 0.3) is 0 Å². The van der Waals surface area contributed by atoms with Gasteiger partial charge in [-0.05, 0) is 72.4 Å². The molecule has 0 aromatic heterocycles. The minimum Gasteiger partial charge on any atom is -0.497 e. The number of fused-ring (bicyclic) bond motifs is 2. The summed E-state index contributed by atoms with van der Waals surface area (Å²) in [6, 6.07) is 18.7. The minimum atomic E-state index is -0.764. The first-order valence-corrected chi connectivity index (χ1v) is 15.5. The number of aliphatic hydroxyl groups excluding tert-OH is 2. The number of ether oxygens (including phenoxy) is 4. The zero-order valence-electron chi connectivity index (χ0n) is 24.9. The van der Waals surface area contributed by atoms with E-state index < -0.39 is 12.2 Å². The maximum absolute atomic E-state index is 13.3. The van der Waals surface area contributed by atoms with Gasteiger partial charge in [-0.3, -0.25) is 4.79 Å². The quantitative estimate of drug-likeness (QED) is 0.343. The lowest BCUT2D eigenvalue weighted by molar-refractivity contribution is -0.0835. The number of likely N-dealkylation sites (tertiary alicyclic amines) is 2. The molecule has 3 aromatic rings. The van der Waals surface area contributed by atoms with Crippen molar-refractivity contribution in [2.75, 3.05) is 46.4 Å². The van der Waals surface area contributed by atoms with Crippen molar-refractivity contribution in [2.24, 2.45) is 0 Å². The van der Waals surface area contributed by atoms with Crippen molar-refractivity contribution in [3.8, 4) is 17.2 Å². The van der Waals surface area contributed by atoms with Crippen LogP contribution in [0, 0.1) is 0 Å². The number of nitrogens with zero attached hydrogens (tertiary/aromatic N) is 2. The van der Waals surface area contributed by atoms with E-state index in [-0.39, 0.29) is 24.7 Å². The first kappa shape index (κ1) is 30.7. The number of hydrogen-bond acceptors (Lipinski definition) is 8. The number of rotatable bonds is 10. The Kier molecular flexibility index (Phi) is 9.30. The van der Waals surface area contributed by atoms with Gasteiger partial charge in [0.2, 0.25) is 0 Å². The Morgan fingerprint density at radius 3 is 2.55 bits per heavy atom. The van der Waals surface area contributed by atoms with Crippen LogP contribution < -0.4 is 14.2 Å². The molecule has 234 valence electrons. The molecule has 10 heteroatoms. The molecule has 3 aliphatic heterocycles. The molecule has 0 unspecified atom stereocenters. The van der Waals surface area contributed by atoms with Gasteiger partial charge in [0.25, 0.3) is 5.91 Å². The Labute approximate surface area is 262 Å². The molecular weight excluding hydrogens is 584 g/mol. The Hall–Kier alpha value is -3.34. The highest BCUT2D eigenvalue weighted by molar-refractivity contribution is 6.30. The highest BCUT2D eigenvalue weighted by atomic mass is 35.5. The van der Waals surface area contributed by atoms with Crippen LogP contribution in [-0.4, -0.2) is 84.6 Å². The number of hydrogen-bond donors (Lipinski definition) is 2. The summed E-state index contributed by atoms with van der Waals surface area (Å²) in [5.74, 6) is 1.44. The molecule has 0 bridgehead atoms. The number of piperidine rings is 1. The van der Waals surface area contributed by atoms with Gasteiger partial charge in [-0.2, -0.15) is 0 Å². The van der Waals surface area contributed by atoms with Gasteiger partial charge < -0.3 is 39.0 Å². The molecule has 6 rings (SSSR count). The van der Waals surface area contributed by atoms with E-state index in [1.807, 2.05) is 36.4 Å². The van der Waals surface area contributed by atoms with Gasteiger partial charge in [-0.25, -0.2) is 0 Å². The van der Waals surface area contributed by atoms with E-state index in [2.05, 4.69) is 11.0 Å². The van der Waals surface area contributed by atoms with Crippen LogP contribution in [0.4, 0.5) is 0 Å². The molecule has 1 amide bonds. The number of halogens is 1. The summed E-state index contributed by atoms with van der Waals surface area (Å²) in [4.78, 5) is 17.2. The molecular formula is C34H39ClN2O7. The average Bonchev–Trinajstić information content (AvgIpc) is 3.63. The second-order valence-electron chi connectivity index (χ2n) is 11.8. The van der Waals surface area contributed by atoms with Crippen molar-refractivity contribution in [3.05, 3.63) is 87.9 Å². The van der Waals surface area contributed by atoms with Gasteiger partial charge >= 0.3 is 0 Å². The topological polar surface area (TPSA) is 101 Å². The highest BCUT2D eigenvalue weighted by Crippen LogP contribution is 2.44. The van der Waals surface area contributed by atoms with Crippen molar-refractivity contribution in [1.82, 2.24) is 9.80 Å². The molecule has 0 aliphatic carbocycles. The lowest BCUT2D eigenvalue weighted by Crippen LogP contribution is -2.46. The number of carbonyl (C=O) groups excluding carboxylic acids is 1. The number of benzene rings is 3. The van der Waals surface area contributed by atoms with Gasteiger partial charge in [0.05, 0.1) is 31.0 Å². The van der Waals surface area contributed by atoms with Gasteiger partial charge in [-0.1, -0.05) is 29.8 Å². The maximum Gasteiger partial charge on any atom is 0.257 e. The molecule has 2 N–H and O–H groups in total. The van der Waals surface area contributed by atoms with Gasteiger partial charge in [0, 0.05) is 43.8 Å². The molecule has 0 saturated carbocycles. The van der Waals surface area contributed by atoms with E-state index in [9.17, 15) is 15.0 Å². The minimum absolute atomic E-state index is 0.0182. The fraction of sp³-hybridized carbons (Fsp3) is 0.441. The zero-order valence-corrected chi connectivity index (χ0v) is 25.7. The van der Waals surface area contributed by atoms with Crippen LogP contribution in [0.15, 0.2) is 60.7 Å². The fourth-order valence-corrected chi connectivity index (χ4v) is 6.54. The molecule has 3 aromatic carbocycles. The Bertz CT molecular complexity index is 1460. The molecule has 2 saturated heterocycles. The second kappa shape index (κ2) is 13.3. The summed E-state index contributed by atoms with van der Waals surface area (Å²) < 4.78 is 23.6. The smallest absolute Gasteiger partial charge is 0.257 e. The van der Waals surface area contributed by atoms with Crippen molar-refractivity contribution in [2.45, 2.75) is 50.3 Å². The van der Waals surface area contributed by atoms with Gasteiger partial charge in [-0.15, -0.1) is 0 Å². The van der Waals surface area contributed by atoms with Crippen LogP contribution in [0.2, 0.25) is 5.02 Å². The SMILES string of the molecule is COc1ccc(COc2ccc(C(=O)N3CC[C@H](O)C3)c(OC[C@@H](O)CN3CCC4(CC3)OCc3cc(Cl)ccc34)c2)cc1. The van der Waals surface area contributed by atoms with Crippen LogP contribution in [0.5, 0.6) is 17.2 Å². The van der Waals surface area contributed by atoms with Gasteiger partial charge in [0.1, 0.15) is 36.6 Å². The predicted octanol–water partition coefficient (Wildman–Crippen LogP) is 4.40. The lowest BCUT2D eigenvalue weighted by Gasteiger charge is -2.39. The molecule has 3 heterocycles. The number of carbonyl (C=O) groups is 1. The normalized spacial score (nSPS) is 20.0. The molecule has 2 fully saturated rings. The van der Waals surface area contributed by atoms with Gasteiger partial charge in [0.15, 0.2) is 0 Å². The summed E-state index contributed by atoms with van der Waals surface area (Å²) in [6.07, 6.45) is 0.930. The van der Waals surface area contributed by atoms with E-state index in [1.165, 1.54) is 5.56 Å². The third kappa shape index (κ3) is 6.82. The number of aliphatic hydroxyl groups is 2. The van der Waals surface area contributed by atoms with Crippen LogP contribution in [-0.2, 0) is 23.6 Å². The molecule has 0 radical (unpaired) electrons. The molecule has 3 aliphatic rings. The number of methoxy groups -OCH3 is 1. The monoisotopic (exact) mass is 622 g/mol. The van der Waals surface area contributed by atoms with E-state index >= 15 is 0 Å². The Balaban J connectivity index is 1.08. The Morgan fingerprint density at radius 2 is 1.82 bits per heavy atom. The molecule has 44 heavy (non-hydrogen) atoms. The first-order valence-electron chi connectivity index (χ1n) is 15.1. The van der Waals surface area contributed by atoms with Crippen LogP contribution >= 0.6 is 11.6 Å². The largest absolute Gasteiger partial charge is 0.497 e. The summed E-state index contributed by atoms with van der Waals surface area (Å²) in [6.45, 7) is 3.71. The number of amides is 1. The molecule has 9 nitrogen and oxygen atoms in total. The number of β-amino-alcohol motifs (C(OH)–C–C–N with tert-alkyl or cyclic N) is 2. The van der Waals surface area contributed by atoms with E-state index in [0.717, 1.165) is 47.8 Å². The van der Waals surface area contributed by atoms with E-state index in [0.29, 0.717) is 49.8 Å². The fourth-order valence-electron chi connectivity index (χ4n) is 6.34. The third-order valence-electron chi connectivity index (χ3n) is 8.82. The first-order chi connectivity index (χ1) is 21.3. The Morgan fingerprint density at radius 1 is 1.05 bits per heavy atom. The van der Waals surface area contributed by atoms with E-state index in [4.69, 9.17) is 30.5 Å². The summed E-state index contributed by atoms with van der Waals surface area (Å²) in [5, 5.41) is 21.7. The van der Waals surface area contributed by atoms with Crippen molar-refractivity contribution in [1.29, 1.82) is 0 Å². The van der Waals surface area contributed by atoms with E-state index in [1.54, 1.807) is 30.2 Å². The lowest BCUT2D eigenvalue weighted by atomic mass is 9.84. The third-order valence-corrected chi connectivity index (χ3v) is 9.06. The maximum atomic E-state index is 13.3. The van der Waals surface area contributed by atoms with Crippen LogP contribution in [0.1, 0.15) is 46.3 Å².